The van der Waals surface area contributed by atoms with Crippen molar-refractivity contribution < 1.29 is 19.6 Å². The third-order valence-electron chi connectivity index (χ3n) is 3.46. The first-order valence-corrected chi connectivity index (χ1v) is 8.74. The van der Waals surface area contributed by atoms with Crippen LogP contribution >= 0.6 is 27.5 Å². The number of hydrogen-bond acceptors (Lipinski definition) is 6. The fourth-order valence-corrected chi connectivity index (χ4v) is 2.73. The number of carbonyl (C=O) groups excluding carboxylic acids is 1. The first-order chi connectivity index (χ1) is 12.7. The van der Waals surface area contributed by atoms with E-state index in [1.807, 2.05) is 13.8 Å². The molecule has 0 unspecified atom stereocenters. The third-order valence-corrected chi connectivity index (χ3v) is 4.66. The second-order valence-corrected chi connectivity index (χ2v) is 6.81. The molecule has 0 aliphatic rings. The van der Waals surface area contributed by atoms with Crippen LogP contribution < -0.4 is 10.2 Å². The van der Waals surface area contributed by atoms with Gasteiger partial charge in [-0.05, 0) is 53.0 Å². The van der Waals surface area contributed by atoms with Crippen LogP contribution in [-0.4, -0.2) is 28.8 Å². The number of hydrogen-bond donors (Lipinski definition) is 2. The number of non-ortho nitro benzene ring substituents is 1. The Kier molecular flexibility index (Phi) is 6.75. The molecule has 0 saturated heterocycles. The van der Waals surface area contributed by atoms with E-state index in [4.69, 9.17) is 16.3 Å². The van der Waals surface area contributed by atoms with Crippen molar-refractivity contribution in [3.8, 4) is 11.5 Å². The van der Waals surface area contributed by atoms with Crippen LogP contribution in [0.3, 0.4) is 0 Å². The number of carbonyl (C=O) groups is 1. The van der Waals surface area contributed by atoms with Crippen molar-refractivity contribution in [2.45, 2.75) is 13.8 Å². The molecule has 0 spiro atoms. The molecule has 8 nitrogen and oxygen atoms in total. The number of hydrazone groups is 1. The molecule has 27 heavy (non-hydrogen) atoms. The number of phenolic OH excluding ortho intramolecular Hbond substituents is 1. The number of nitrogens with zero attached hydrogens (tertiary/aromatic N) is 2. The fraction of sp³-hybridized carbons (Fsp3) is 0.176. The minimum absolute atomic E-state index is 0.0706. The number of aryl methyl sites for hydroxylation is 2. The van der Waals surface area contributed by atoms with Gasteiger partial charge in [-0.2, -0.15) is 5.10 Å². The van der Waals surface area contributed by atoms with E-state index < -0.39 is 10.8 Å². The Balaban J connectivity index is 1.99. The molecule has 0 radical (unpaired) electrons. The Labute approximate surface area is 168 Å². The van der Waals surface area contributed by atoms with Crippen LogP contribution in [0.25, 0.3) is 0 Å². The highest BCUT2D eigenvalue weighted by atomic mass is 79.9. The Bertz CT molecular complexity index is 910. The van der Waals surface area contributed by atoms with E-state index in [0.717, 1.165) is 29.5 Å². The Morgan fingerprint density at radius 1 is 1.37 bits per heavy atom. The lowest BCUT2D eigenvalue weighted by atomic mass is 10.1. The van der Waals surface area contributed by atoms with Gasteiger partial charge in [-0.3, -0.25) is 14.9 Å². The average molecular weight is 457 g/mol. The van der Waals surface area contributed by atoms with Crippen LogP contribution in [-0.2, 0) is 4.79 Å². The normalized spacial score (nSPS) is 10.8. The van der Waals surface area contributed by atoms with Gasteiger partial charge in [-0.15, -0.1) is 0 Å². The van der Waals surface area contributed by atoms with Crippen LogP contribution in [0.15, 0.2) is 33.8 Å². The lowest BCUT2D eigenvalue weighted by Crippen LogP contribution is -2.24. The van der Waals surface area contributed by atoms with Gasteiger partial charge < -0.3 is 9.84 Å². The van der Waals surface area contributed by atoms with Crippen molar-refractivity contribution in [2.24, 2.45) is 5.10 Å². The number of aromatic hydroxyl groups is 1. The van der Waals surface area contributed by atoms with Gasteiger partial charge in [0, 0.05) is 22.7 Å². The Hall–Kier alpha value is -2.65. The minimum Gasteiger partial charge on any atom is -0.506 e. The summed E-state index contributed by atoms with van der Waals surface area (Å²) in [4.78, 5) is 22.1. The van der Waals surface area contributed by atoms with Crippen molar-refractivity contribution >= 4 is 45.3 Å². The summed E-state index contributed by atoms with van der Waals surface area (Å²) in [5, 5.41) is 25.1. The molecule has 0 atom stereocenters. The molecule has 2 aromatic carbocycles. The lowest BCUT2D eigenvalue weighted by molar-refractivity contribution is -0.385. The predicted octanol–water partition coefficient (Wildman–Crippen LogP) is 3.86. The molecule has 0 fully saturated rings. The number of halogens is 2. The van der Waals surface area contributed by atoms with Crippen LogP contribution in [0.5, 0.6) is 11.5 Å². The van der Waals surface area contributed by atoms with E-state index in [2.05, 4.69) is 26.5 Å². The van der Waals surface area contributed by atoms with E-state index in [1.165, 1.54) is 0 Å². The van der Waals surface area contributed by atoms with Crippen molar-refractivity contribution in [1.29, 1.82) is 0 Å². The molecule has 10 heteroatoms. The second-order valence-electron chi connectivity index (χ2n) is 5.58. The smallest absolute Gasteiger partial charge is 0.277 e. The topological polar surface area (TPSA) is 114 Å². The number of rotatable bonds is 6. The number of ether oxygens (including phenoxy) is 1. The minimum atomic E-state index is -0.607. The molecule has 0 aliphatic carbocycles. The number of nitrogens with one attached hydrogen (secondary N) is 1. The molecule has 2 N–H and O–H groups in total. The van der Waals surface area contributed by atoms with E-state index >= 15 is 0 Å². The van der Waals surface area contributed by atoms with Gasteiger partial charge in [0.15, 0.2) is 6.61 Å². The van der Waals surface area contributed by atoms with Crippen LogP contribution in [0.2, 0.25) is 5.02 Å². The zero-order valence-electron chi connectivity index (χ0n) is 14.3. The highest BCUT2D eigenvalue weighted by Crippen LogP contribution is 2.31. The lowest BCUT2D eigenvalue weighted by Gasteiger charge is -2.09. The van der Waals surface area contributed by atoms with E-state index in [1.54, 1.807) is 12.1 Å². The fourth-order valence-electron chi connectivity index (χ4n) is 2.15. The standard InChI is InChI=1S/C17H15BrClN3O5/c1-9-3-13(4-10(2)16(9)19)27-8-15(23)21-20-7-11-5-12(22(25)26)6-14(18)17(11)24/h3-7,24H,8H2,1-2H3,(H,21,23)/b20-7-. The zero-order chi connectivity index (χ0) is 20.1. The van der Waals surface area contributed by atoms with Gasteiger partial charge in [0.1, 0.15) is 11.5 Å². The average Bonchev–Trinajstić information content (AvgIpc) is 2.60. The molecular formula is C17H15BrClN3O5. The van der Waals surface area contributed by atoms with E-state index in [-0.39, 0.29) is 28.1 Å². The number of nitro groups is 1. The summed E-state index contributed by atoms with van der Waals surface area (Å²) in [6.45, 7) is 3.37. The van der Waals surface area contributed by atoms with Gasteiger partial charge in [0.25, 0.3) is 11.6 Å². The SMILES string of the molecule is Cc1cc(OCC(=O)N/N=C\c2cc([N+](=O)[O-])cc(Br)c2O)cc(C)c1Cl. The van der Waals surface area contributed by atoms with Crippen molar-refractivity contribution in [3.05, 3.63) is 60.6 Å². The summed E-state index contributed by atoms with van der Waals surface area (Å²) >= 11 is 9.09. The molecular weight excluding hydrogens is 442 g/mol. The number of phenols is 1. The third kappa shape index (κ3) is 5.41. The van der Waals surface area contributed by atoms with E-state index in [0.29, 0.717) is 10.8 Å². The Morgan fingerprint density at radius 3 is 2.59 bits per heavy atom. The van der Waals surface area contributed by atoms with Gasteiger partial charge in [0.05, 0.1) is 15.6 Å². The maximum atomic E-state index is 11.8. The maximum Gasteiger partial charge on any atom is 0.277 e. The molecule has 0 heterocycles. The van der Waals surface area contributed by atoms with Crippen molar-refractivity contribution in [3.63, 3.8) is 0 Å². The highest BCUT2D eigenvalue weighted by molar-refractivity contribution is 9.10. The molecule has 0 saturated carbocycles. The summed E-state index contributed by atoms with van der Waals surface area (Å²) in [5.41, 5.74) is 3.72. The van der Waals surface area contributed by atoms with Gasteiger partial charge >= 0.3 is 0 Å². The van der Waals surface area contributed by atoms with Crippen molar-refractivity contribution in [2.75, 3.05) is 6.61 Å². The molecule has 142 valence electrons. The highest BCUT2D eigenvalue weighted by Gasteiger charge is 2.13. The number of amides is 1. The molecule has 0 aliphatic heterocycles. The molecule has 2 rings (SSSR count). The largest absolute Gasteiger partial charge is 0.506 e. The van der Waals surface area contributed by atoms with Crippen LogP contribution in [0.4, 0.5) is 5.69 Å². The predicted molar refractivity (Wildman–Crippen MR) is 105 cm³/mol. The molecule has 1 amide bonds. The summed E-state index contributed by atoms with van der Waals surface area (Å²) < 4.78 is 5.53. The monoisotopic (exact) mass is 455 g/mol. The summed E-state index contributed by atoms with van der Waals surface area (Å²) in [6, 6.07) is 5.72. The molecule has 2 aromatic rings. The van der Waals surface area contributed by atoms with Crippen molar-refractivity contribution in [1.82, 2.24) is 5.43 Å². The summed E-state index contributed by atoms with van der Waals surface area (Å²) in [5.74, 6) is -0.281. The molecule has 0 bridgehead atoms. The van der Waals surface area contributed by atoms with Gasteiger partial charge in [-0.1, -0.05) is 11.6 Å². The second kappa shape index (κ2) is 8.83. The summed E-state index contributed by atoms with van der Waals surface area (Å²) in [7, 11) is 0. The first kappa shape index (κ1) is 20.7. The van der Waals surface area contributed by atoms with Gasteiger partial charge in [0.2, 0.25) is 0 Å². The zero-order valence-corrected chi connectivity index (χ0v) is 16.7. The number of benzene rings is 2. The summed E-state index contributed by atoms with van der Waals surface area (Å²) in [6.07, 6.45) is 1.10. The Morgan fingerprint density at radius 2 is 2.00 bits per heavy atom. The first-order valence-electron chi connectivity index (χ1n) is 7.57. The van der Waals surface area contributed by atoms with E-state index in [9.17, 15) is 20.0 Å². The molecule has 0 aromatic heterocycles. The van der Waals surface area contributed by atoms with Crippen LogP contribution in [0, 0.1) is 24.0 Å². The number of nitro benzene ring substituents is 1. The van der Waals surface area contributed by atoms with Crippen LogP contribution in [0.1, 0.15) is 16.7 Å². The quantitative estimate of drug-likeness (QED) is 0.389. The van der Waals surface area contributed by atoms with Gasteiger partial charge in [-0.25, -0.2) is 5.43 Å². The maximum absolute atomic E-state index is 11.8.